The summed E-state index contributed by atoms with van der Waals surface area (Å²) < 4.78 is 5.68. The summed E-state index contributed by atoms with van der Waals surface area (Å²) >= 11 is 12.0. The molecule has 2 aromatic carbocycles. The van der Waals surface area contributed by atoms with Crippen LogP contribution in [-0.2, 0) is 0 Å². The zero-order chi connectivity index (χ0) is 14.7. The van der Waals surface area contributed by atoms with E-state index >= 15 is 0 Å². The molecule has 0 aliphatic heterocycles. The first-order valence-corrected chi connectivity index (χ1v) is 6.49. The summed E-state index contributed by atoms with van der Waals surface area (Å²) in [7, 11) is 0. The van der Waals surface area contributed by atoms with Crippen LogP contribution in [0.4, 0.5) is 0 Å². The second-order valence-corrected chi connectivity index (χ2v) is 4.90. The molecule has 0 unspecified atom stereocenters. The second kappa shape index (κ2) is 6.03. The third-order valence-electron chi connectivity index (χ3n) is 2.73. The summed E-state index contributed by atoms with van der Waals surface area (Å²) in [5, 5.41) is 12.4. The fraction of sp³-hybridized carbons (Fsp3) is 0.0714. The molecule has 0 spiro atoms. The van der Waals surface area contributed by atoms with Gasteiger partial charge in [0.1, 0.15) is 16.5 Å². The van der Waals surface area contributed by atoms with E-state index in [-0.39, 0.29) is 5.84 Å². The van der Waals surface area contributed by atoms with E-state index in [2.05, 4.69) is 5.16 Å². The molecule has 0 heterocycles. The Morgan fingerprint density at radius 2 is 2.00 bits per heavy atom. The predicted octanol–water partition coefficient (Wildman–Crippen LogP) is 4.19. The summed E-state index contributed by atoms with van der Waals surface area (Å²) in [6.07, 6.45) is 0. The van der Waals surface area contributed by atoms with Gasteiger partial charge in [-0.2, -0.15) is 0 Å². The average Bonchev–Trinajstić information content (AvgIpc) is 2.43. The van der Waals surface area contributed by atoms with Gasteiger partial charge in [0.2, 0.25) is 0 Å². The Bertz CT molecular complexity index is 672. The van der Waals surface area contributed by atoms with Gasteiger partial charge in [-0.1, -0.05) is 34.4 Å². The quantitative estimate of drug-likeness (QED) is 0.386. The zero-order valence-corrected chi connectivity index (χ0v) is 12.1. The van der Waals surface area contributed by atoms with E-state index in [0.29, 0.717) is 27.1 Å². The maximum atomic E-state index is 8.68. The Balaban J connectivity index is 2.31. The van der Waals surface area contributed by atoms with E-state index in [1.165, 1.54) is 0 Å². The van der Waals surface area contributed by atoms with Gasteiger partial charge in [-0.25, -0.2) is 0 Å². The number of nitrogens with zero attached hydrogens (tertiary/aromatic N) is 1. The Hall–Kier alpha value is -1.91. The molecule has 20 heavy (non-hydrogen) atoms. The number of hydrogen-bond donors (Lipinski definition) is 2. The predicted molar refractivity (Wildman–Crippen MR) is 80.2 cm³/mol. The minimum Gasteiger partial charge on any atom is -0.456 e. The molecular formula is C14H12Cl2N2O2. The number of nitrogens with two attached hydrogens (primary N) is 1. The summed E-state index contributed by atoms with van der Waals surface area (Å²) in [5.41, 5.74) is 7.01. The monoisotopic (exact) mass is 310 g/mol. The van der Waals surface area contributed by atoms with Crippen LogP contribution in [0.15, 0.2) is 41.6 Å². The van der Waals surface area contributed by atoms with Gasteiger partial charge in [0, 0.05) is 5.56 Å². The number of aryl methyl sites for hydroxylation is 1. The SMILES string of the molecule is Cc1cc(Oc2cccc(Cl)c2Cl)ccc1/C(N)=N/O. The molecule has 0 aliphatic rings. The second-order valence-electron chi connectivity index (χ2n) is 4.12. The van der Waals surface area contributed by atoms with Gasteiger partial charge < -0.3 is 15.7 Å². The maximum Gasteiger partial charge on any atom is 0.170 e. The highest BCUT2D eigenvalue weighted by Gasteiger charge is 2.09. The van der Waals surface area contributed by atoms with E-state index in [9.17, 15) is 0 Å². The van der Waals surface area contributed by atoms with Gasteiger partial charge in [-0.05, 0) is 42.8 Å². The molecule has 0 saturated heterocycles. The topological polar surface area (TPSA) is 67.8 Å². The van der Waals surface area contributed by atoms with Crippen LogP contribution in [0, 0.1) is 6.92 Å². The van der Waals surface area contributed by atoms with Crippen molar-refractivity contribution >= 4 is 29.0 Å². The number of benzene rings is 2. The molecule has 0 bridgehead atoms. The minimum absolute atomic E-state index is 0.0508. The molecule has 2 aromatic rings. The molecule has 6 heteroatoms. The van der Waals surface area contributed by atoms with E-state index in [1.807, 2.05) is 6.92 Å². The van der Waals surface area contributed by atoms with Crippen LogP contribution >= 0.6 is 23.2 Å². The van der Waals surface area contributed by atoms with Crippen LogP contribution in [0.1, 0.15) is 11.1 Å². The highest BCUT2D eigenvalue weighted by Crippen LogP contribution is 2.34. The Labute approximate surface area is 126 Å². The zero-order valence-electron chi connectivity index (χ0n) is 10.6. The number of amidine groups is 1. The number of halogens is 2. The van der Waals surface area contributed by atoms with Crippen molar-refractivity contribution in [2.75, 3.05) is 0 Å². The van der Waals surface area contributed by atoms with Crippen LogP contribution in [0.25, 0.3) is 0 Å². The number of ether oxygens (including phenoxy) is 1. The lowest BCUT2D eigenvalue weighted by Gasteiger charge is -2.10. The molecule has 104 valence electrons. The van der Waals surface area contributed by atoms with Crippen molar-refractivity contribution in [3.63, 3.8) is 0 Å². The van der Waals surface area contributed by atoms with Crippen molar-refractivity contribution in [3.05, 3.63) is 57.6 Å². The molecule has 4 nitrogen and oxygen atoms in total. The van der Waals surface area contributed by atoms with Crippen LogP contribution in [0.5, 0.6) is 11.5 Å². The van der Waals surface area contributed by atoms with Gasteiger partial charge in [-0.15, -0.1) is 0 Å². The van der Waals surface area contributed by atoms with Crippen LogP contribution < -0.4 is 10.5 Å². The number of hydrogen-bond acceptors (Lipinski definition) is 3. The molecule has 0 aromatic heterocycles. The summed E-state index contributed by atoms with van der Waals surface area (Å²) in [6.45, 7) is 1.83. The lowest BCUT2D eigenvalue weighted by atomic mass is 10.1. The lowest BCUT2D eigenvalue weighted by molar-refractivity contribution is 0.318. The first-order valence-electron chi connectivity index (χ1n) is 5.73. The molecule has 2 rings (SSSR count). The van der Waals surface area contributed by atoms with Gasteiger partial charge in [0.25, 0.3) is 0 Å². The first kappa shape index (κ1) is 14.5. The molecule has 3 N–H and O–H groups in total. The standard InChI is InChI=1S/C14H12Cl2N2O2/c1-8-7-9(5-6-10(8)14(17)18-19)20-12-4-2-3-11(15)13(12)16/h2-7,19H,1H3,(H2,17,18). The molecule has 0 radical (unpaired) electrons. The Morgan fingerprint density at radius 3 is 2.65 bits per heavy atom. The third-order valence-corrected chi connectivity index (χ3v) is 3.53. The highest BCUT2D eigenvalue weighted by molar-refractivity contribution is 6.42. The van der Waals surface area contributed by atoms with E-state index < -0.39 is 0 Å². The van der Waals surface area contributed by atoms with Crippen LogP contribution in [0.3, 0.4) is 0 Å². The first-order chi connectivity index (χ1) is 9.52. The van der Waals surface area contributed by atoms with Crippen molar-refractivity contribution in [3.8, 4) is 11.5 Å². The Kier molecular flexibility index (Phi) is 4.37. The van der Waals surface area contributed by atoms with Gasteiger partial charge in [-0.3, -0.25) is 0 Å². The van der Waals surface area contributed by atoms with Crippen LogP contribution in [-0.4, -0.2) is 11.0 Å². The van der Waals surface area contributed by atoms with E-state index in [0.717, 1.165) is 5.56 Å². The number of rotatable bonds is 3. The normalized spacial score (nSPS) is 11.4. The molecule has 0 atom stereocenters. The molecule has 0 saturated carbocycles. The fourth-order valence-corrected chi connectivity index (χ4v) is 2.06. The molecular weight excluding hydrogens is 299 g/mol. The smallest absolute Gasteiger partial charge is 0.170 e. The summed E-state index contributed by atoms with van der Waals surface area (Å²) in [5.74, 6) is 1.10. The van der Waals surface area contributed by atoms with Gasteiger partial charge >= 0.3 is 0 Å². The van der Waals surface area contributed by atoms with Crippen molar-refractivity contribution in [1.29, 1.82) is 0 Å². The van der Waals surface area contributed by atoms with Crippen molar-refractivity contribution < 1.29 is 9.94 Å². The Morgan fingerprint density at radius 1 is 1.25 bits per heavy atom. The number of oxime groups is 1. The van der Waals surface area contributed by atoms with Crippen molar-refractivity contribution in [1.82, 2.24) is 0 Å². The largest absolute Gasteiger partial charge is 0.456 e. The van der Waals surface area contributed by atoms with E-state index in [4.69, 9.17) is 38.9 Å². The van der Waals surface area contributed by atoms with Crippen molar-refractivity contribution in [2.24, 2.45) is 10.9 Å². The third kappa shape index (κ3) is 2.98. The summed E-state index contributed by atoms with van der Waals surface area (Å²) in [6, 6.07) is 10.3. The van der Waals surface area contributed by atoms with E-state index in [1.54, 1.807) is 36.4 Å². The van der Waals surface area contributed by atoms with Crippen molar-refractivity contribution in [2.45, 2.75) is 6.92 Å². The molecule has 0 fully saturated rings. The maximum absolute atomic E-state index is 8.68. The summed E-state index contributed by atoms with van der Waals surface area (Å²) in [4.78, 5) is 0. The lowest BCUT2D eigenvalue weighted by Crippen LogP contribution is -2.14. The fourth-order valence-electron chi connectivity index (χ4n) is 1.73. The highest BCUT2D eigenvalue weighted by atomic mass is 35.5. The van der Waals surface area contributed by atoms with Gasteiger partial charge in [0.05, 0.1) is 5.02 Å². The molecule has 0 aliphatic carbocycles. The molecule has 0 amide bonds. The average molecular weight is 311 g/mol. The minimum atomic E-state index is 0.0508. The van der Waals surface area contributed by atoms with Crippen LogP contribution in [0.2, 0.25) is 10.0 Å². The van der Waals surface area contributed by atoms with Gasteiger partial charge in [0.15, 0.2) is 5.84 Å².